The molecule has 1 atom stereocenters. The van der Waals surface area contributed by atoms with Crippen LogP contribution in [0.3, 0.4) is 0 Å². The molecule has 0 aromatic heterocycles. The maximum Gasteiger partial charge on any atom is 1.00 e. The molecular weight excluding hydrogens is 155 g/mol. The second-order valence-electron chi connectivity index (χ2n) is 2.14. The van der Waals surface area contributed by atoms with Gasteiger partial charge in [0.2, 0.25) is 9.04 Å². The molecule has 0 bridgehead atoms. The molecular formula is C6H13KOSi. The predicted octanol–water partition coefficient (Wildman–Crippen LogP) is -1.64. The van der Waals surface area contributed by atoms with Gasteiger partial charge in [-0.3, -0.25) is 0 Å². The average molecular weight is 168 g/mol. The van der Waals surface area contributed by atoms with E-state index in [0.29, 0.717) is 0 Å². The molecule has 1 saturated heterocycles. The SMILES string of the molecule is C=C[SiH]1CCCCO1.[H-].[K+]. The van der Waals surface area contributed by atoms with Gasteiger partial charge >= 0.3 is 51.4 Å². The van der Waals surface area contributed by atoms with Gasteiger partial charge in [0, 0.05) is 6.61 Å². The Bertz CT molecular complexity index is 85.8. The van der Waals surface area contributed by atoms with E-state index in [4.69, 9.17) is 4.43 Å². The van der Waals surface area contributed by atoms with Crippen molar-refractivity contribution in [2.24, 2.45) is 0 Å². The molecule has 0 saturated carbocycles. The Morgan fingerprint density at radius 3 is 2.67 bits per heavy atom. The van der Waals surface area contributed by atoms with Crippen molar-refractivity contribution in [3.05, 3.63) is 12.3 Å². The Hall–Kier alpha value is 1.55. The third-order valence-electron chi connectivity index (χ3n) is 1.48. The fourth-order valence-corrected chi connectivity index (χ4v) is 2.65. The normalized spacial score (nSPS) is 26.4. The molecule has 0 amide bonds. The van der Waals surface area contributed by atoms with Crippen molar-refractivity contribution in [2.45, 2.75) is 18.9 Å². The summed E-state index contributed by atoms with van der Waals surface area (Å²) in [5, 5.41) is 0. The molecule has 0 aromatic carbocycles. The van der Waals surface area contributed by atoms with Crippen LogP contribution in [0.25, 0.3) is 0 Å². The molecule has 1 nitrogen and oxygen atoms in total. The quantitative estimate of drug-likeness (QED) is 0.427. The van der Waals surface area contributed by atoms with Gasteiger partial charge < -0.3 is 5.85 Å². The van der Waals surface area contributed by atoms with Gasteiger partial charge in [-0.2, -0.15) is 0 Å². The predicted molar refractivity (Wildman–Crippen MR) is 38.5 cm³/mol. The van der Waals surface area contributed by atoms with Crippen molar-refractivity contribution >= 4 is 9.04 Å². The van der Waals surface area contributed by atoms with Crippen molar-refractivity contribution in [1.29, 1.82) is 0 Å². The van der Waals surface area contributed by atoms with Crippen LogP contribution in [0.2, 0.25) is 6.04 Å². The summed E-state index contributed by atoms with van der Waals surface area (Å²) in [7, 11) is -0.841. The zero-order chi connectivity index (χ0) is 5.82. The van der Waals surface area contributed by atoms with Crippen LogP contribution >= 0.6 is 0 Å². The van der Waals surface area contributed by atoms with E-state index in [1.807, 2.05) is 5.70 Å². The summed E-state index contributed by atoms with van der Waals surface area (Å²) < 4.78 is 5.45. The van der Waals surface area contributed by atoms with E-state index in [9.17, 15) is 0 Å². The summed E-state index contributed by atoms with van der Waals surface area (Å²) >= 11 is 0. The van der Waals surface area contributed by atoms with Crippen LogP contribution in [0.4, 0.5) is 0 Å². The fraction of sp³-hybridized carbons (Fsp3) is 0.667. The summed E-state index contributed by atoms with van der Waals surface area (Å²) in [5.74, 6) is 0. The number of rotatable bonds is 1. The van der Waals surface area contributed by atoms with Gasteiger partial charge in [0.1, 0.15) is 0 Å². The molecule has 1 rings (SSSR count). The Balaban J connectivity index is 0. The minimum Gasteiger partial charge on any atom is -1.00 e. The van der Waals surface area contributed by atoms with E-state index in [0.717, 1.165) is 6.61 Å². The average Bonchev–Trinajstić information content (AvgIpc) is 1.90. The summed E-state index contributed by atoms with van der Waals surface area (Å²) in [6, 6.07) is 1.31. The smallest absolute Gasteiger partial charge is 1.00 e. The zero-order valence-corrected chi connectivity index (χ0v) is 10.4. The first-order valence-electron chi connectivity index (χ1n) is 3.17. The molecule has 1 fully saturated rings. The Labute approximate surface area is 102 Å². The molecule has 1 heterocycles. The number of hydrogen-bond donors (Lipinski definition) is 0. The minimum atomic E-state index is -0.841. The Morgan fingerprint density at radius 1 is 1.56 bits per heavy atom. The van der Waals surface area contributed by atoms with Crippen LogP contribution in [0, 0.1) is 0 Å². The molecule has 0 aromatic rings. The topological polar surface area (TPSA) is 9.23 Å². The summed E-state index contributed by atoms with van der Waals surface area (Å²) in [5.41, 5.74) is 2.03. The maximum atomic E-state index is 5.45. The van der Waals surface area contributed by atoms with Crippen molar-refractivity contribution < 1.29 is 57.2 Å². The number of hydrogen-bond acceptors (Lipinski definition) is 1. The summed E-state index contributed by atoms with van der Waals surface area (Å²) in [6.45, 7) is 4.71. The summed E-state index contributed by atoms with van der Waals surface area (Å²) in [6.07, 6.45) is 2.63. The van der Waals surface area contributed by atoms with Crippen LogP contribution in [-0.4, -0.2) is 15.6 Å². The van der Waals surface area contributed by atoms with E-state index in [2.05, 4.69) is 6.58 Å². The van der Waals surface area contributed by atoms with Gasteiger partial charge in [-0.1, -0.05) is 12.1 Å². The monoisotopic (exact) mass is 168 g/mol. The molecule has 0 spiro atoms. The molecule has 0 aliphatic carbocycles. The van der Waals surface area contributed by atoms with E-state index in [1.165, 1.54) is 18.9 Å². The van der Waals surface area contributed by atoms with E-state index >= 15 is 0 Å². The standard InChI is InChI=1S/C6H12OSi.K.H/c1-2-8-6-4-3-5-7-8;;/h2,8H,1,3-6H2;;/q;+1;-1. The van der Waals surface area contributed by atoms with Crippen LogP contribution in [0.1, 0.15) is 14.3 Å². The molecule has 48 valence electrons. The Kier molecular flexibility index (Phi) is 7.36. The van der Waals surface area contributed by atoms with Crippen molar-refractivity contribution in [3.63, 3.8) is 0 Å². The first-order chi connectivity index (χ1) is 3.93. The van der Waals surface area contributed by atoms with Gasteiger partial charge in [0.15, 0.2) is 0 Å². The molecule has 0 radical (unpaired) electrons. The van der Waals surface area contributed by atoms with Crippen LogP contribution < -0.4 is 51.4 Å². The third-order valence-corrected chi connectivity index (χ3v) is 3.64. The van der Waals surface area contributed by atoms with E-state index in [1.54, 1.807) is 0 Å². The molecule has 1 aliphatic rings. The van der Waals surface area contributed by atoms with Gasteiger partial charge in [0.25, 0.3) is 0 Å². The van der Waals surface area contributed by atoms with Crippen molar-refractivity contribution in [2.75, 3.05) is 6.61 Å². The van der Waals surface area contributed by atoms with Crippen LogP contribution in [-0.2, 0) is 4.43 Å². The van der Waals surface area contributed by atoms with E-state index < -0.39 is 9.04 Å². The third kappa shape index (κ3) is 4.08. The minimum absolute atomic E-state index is 0. The molecule has 1 aliphatic heterocycles. The first kappa shape index (κ1) is 10.6. The molecule has 0 N–H and O–H groups in total. The second kappa shape index (κ2) is 6.28. The van der Waals surface area contributed by atoms with Gasteiger partial charge in [0.05, 0.1) is 0 Å². The first-order valence-corrected chi connectivity index (χ1v) is 5.13. The van der Waals surface area contributed by atoms with E-state index in [-0.39, 0.29) is 52.8 Å². The molecule has 3 heteroatoms. The molecule has 9 heavy (non-hydrogen) atoms. The fourth-order valence-electron chi connectivity index (χ4n) is 0.952. The zero-order valence-electron chi connectivity index (χ0n) is 7.10. The van der Waals surface area contributed by atoms with Crippen LogP contribution in [0.5, 0.6) is 0 Å². The van der Waals surface area contributed by atoms with Crippen molar-refractivity contribution in [1.82, 2.24) is 0 Å². The molecule has 1 unspecified atom stereocenters. The summed E-state index contributed by atoms with van der Waals surface area (Å²) in [4.78, 5) is 0. The maximum absolute atomic E-state index is 5.45. The van der Waals surface area contributed by atoms with Crippen molar-refractivity contribution in [3.8, 4) is 0 Å². The van der Waals surface area contributed by atoms with Gasteiger partial charge in [-0.05, 0) is 12.5 Å². The van der Waals surface area contributed by atoms with Gasteiger partial charge in [-0.15, -0.1) is 6.58 Å². The Morgan fingerprint density at radius 2 is 2.33 bits per heavy atom. The second-order valence-corrected chi connectivity index (χ2v) is 4.60. The van der Waals surface area contributed by atoms with Crippen LogP contribution in [0.15, 0.2) is 12.3 Å². The largest absolute Gasteiger partial charge is 1.00 e. The van der Waals surface area contributed by atoms with Gasteiger partial charge in [-0.25, -0.2) is 0 Å².